The number of anilines is 1. The molecule has 0 atom stereocenters. The van der Waals surface area contributed by atoms with Gasteiger partial charge in [0.25, 0.3) is 0 Å². The van der Waals surface area contributed by atoms with E-state index in [0.29, 0.717) is 10.0 Å². The molecule has 0 aliphatic rings. The van der Waals surface area contributed by atoms with Crippen molar-refractivity contribution in [2.45, 2.75) is 0 Å². The van der Waals surface area contributed by atoms with Crippen molar-refractivity contribution < 1.29 is 0 Å². The molecule has 13 heavy (non-hydrogen) atoms. The summed E-state index contributed by atoms with van der Waals surface area (Å²) in [6.07, 6.45) is 3.25. The minimum absolute atomic E-state index is 0.333. The van der Waals surface area contributed by atoms with Crippen LogP contribution < -0.4 is 11.1 Å². The summed E-state index contributed by atoms with van der Waals surface area (Å²) in [6.45, 7) is 0. The molecule has 0 amide bonds. The largest absolute Gasteiger partial charge is 0.390 e. The minimum atomic E-state index is 0.333. The molecule has 0 aliphatic carbocycles. The van der Waals surface area contributed by atoms with E-state index in [1.54, 1.807) is 18.3 Å². The van der Waals surface area contributed by atoms with E-state index in [4.69, 9.17) is 17.3 Å². The third-order valence-electron chi connectivity index (χ3n) is 1.36. The monoisotopic (exact) mass is 212 g/mol. The number of para-hydroxylation sites is 1. The topological polar surface area (TPSA) is 38.0 Å². The maximum absolute atomic E-state index is 5.88. The molecule has 1 rings (SSSR count). The summed E-state index contributed by atoms with van der Waals surface area (Å²) in [6, 6.07) is 7.43. The van der Waals surface area contributed by atoms with Gasteiger partial charge >= 0.3 is 0 Å². The van der Waals surface area contributed by atoms with Gasteiger partial charge in [-0.3, -0.25) is 0 Å². The second kappa shape index (κ2) is 4.84. The van der Waals surface area contributed by atoms with E-state index in [0.717, 1.165) is 5.69 Å². The van der Waals surface area contributed by atoms with Gasteiger partial charge in [-0.1, -0.05) is 36.0 Å². The van der Waals surface area contributed by atoms with Gasteiger partial charge in [0.1, 0.15) is 0 Å². The third kappa shape index (κ3) is 3.44. The van der Waals surface area contributed by atoms with E-state index in [1.807, 2.05) is 18.2 Å². The van der Waals surface area contributed by atoms with E-state index < -0.39 is 0 Å². The van der Waals surface area contributed by atoms with E-state index in [2.05, 4.69) is 17.5 Å². The van der Waals surface area contributed by atoms with Gasteiger partial charge in [-0.2, -0.15) is 0 Å². The Balaban J connectivity index is 2.64. The number of halogens is 1. The lowest BCUT2D eigenvalue weighted by molar-refractivity contribution is 1.58. The maximum atomic E-state index is 5.88. The predicted molar refractivity (Wildman–Crippen MR) is 61.0 cm³/mol. The highest BCUT2D eigenvalue weighted by Gasteiger charge is 1.93. The van der Waals surface area contributed by atoms with Crippen molar-refractivity contribution in [2.75, 3.05) is 5.32 Å². The van der Waals surface area contributed by atoms with Crippen LogP contribution in [0.1, 0.15) is 0 Å². The summed E-state index contributed by atoms with van der Waals surface area (Å²) in [5, 5.41) is 3.63. The van der Waals surface area contributed by atoms with Gasteiger partial charge in [0.15, 0.2) is 0 Å². The second-order valence-corrected chi connectivity index (χ2v) is 3.24. The van der Waals surface area contributed by atoms with Crippen LogP contribution in [0, 0.1) is 0 Å². The zero-order chi connectivity index (χ0) is 9.68. The van der Waals surface area contributed by atoms with E-state index in [-0.39, 0.29) is 0 Å². The van der Waals surface area contributed by atoms with Crippen LogP contribution in [0.4, 0.5) is 5.69 Å². The highest BCUT2D eigenvalue weighted by Crippen LogP contribution is 2.19. The molecule has 0 radical (unpaired) electrons. The number of nitrogens with two attached hydrogens (primary N) is 1. The number of hydrogen-bond donors (Lipinski definition) is 2. The van der Waals surface area contributed by atoms with Crippen LogP contribution >= 0.6 is 23.8 Å². The first kappa shape index (κ1) is 10.0. The van der Waals surface area contributed by atoms with Crippen LogP contribution in [0.3, 0.4) is 0 Å². The number of benzene rings is 1. The average molecular weight is 213 g/mol. The first-order valence-corrected chi connectivity index (χ1v) is 4.46. The minimum Gasteiger partial charge on any atom is -0.390 e. The summed E-state index contributed by atoms with van der Waals surface area (Å²) >= 11 is 10.5. The van der Waals surface area contributed by atoms with Crippen molar-refractivity contribution in [3.05, 3.63) is 41.6 Å². The van der Waals surface area contributed by atoms with Crippen molar-refractivity contribution >= 4 is 34.5 Å². The number of rotatable bonds is 3. The Hall–Kier alpha value is -1.06. The molecule has 1 aromatic rings. The van der Waals surface area contributed by atoms with Crippen LogP contribution in [0.15, 0.2) is 36.5 Å². The van der Waals surface area contributed by atoms with Gasteiger partial charge in [-0.15, -0.1) is 0 Å². The Morgan fingerprint density at radius 3 is 2.77 bits per heavy atom. The Kier molecular flexibility index (Phi) is 3.73. The molecule has 0 spiro atoms. The molecule has 4 heteroatoms. The highest BCUT2D eigenvalue weighted by atomic mass is 35.5. The van der Waals surface area contributed by atoms with E-state index >= 15 is 0 Å². The number of nitrogens with one attached hydrogen (secondary N) is 1. The average Bonchev–Trinajstić information content (AvgIpc) is 2.08. The summed E-state index contributed by atoms with van der Waals surface area (Å²) in [5.74, 6) is 0. The lowest BCUT2D eigenvalue weighted by Gasteiger charge is -2.01. The van der Waals surface area contributed by atoms with Gasteiger partial charge in [0.2, 0.25) is 0 Å². The van der Waals surface area contributed by atoms with Gasteiger partial charge in [-0.05, 0) is 18.2 Å². The Morgan fingerprint density at radius 1 is 1.46 bits per heavy atom. The normalized spacial score (nSPS) is 10.2. The Labute approximate surface area is 87.4 Å². The van der Waals surface area contributed by atoms with E-state index in [1.165, 1.54) is 0 Å². The Bertz CT molecular complexity index is 336. The van der Waals surface area contributed by atoms with Crippen LogP contribution in [0.2, 0.25) is 5.02 Å². The molecule has 68 valence electrons. The number of hydrogen-bond acceptors (Lipinski definition) is 2. The fourth-order valence-electron chi connectivity index (χ4n) is 0.792. The zero-order valence-corrected chi connectivity index (χ0v) is 8.40. The molecule has 3 N–H and O–H groups in total. The Morgan fingerprint density at radius 2 is 2.15 bits per heavy atom. The molecule has 0 aromatic heterocycles. The van der Waals surface area contributed by atoms with Crippen molar-refractivity contribution in [3.8, 4) is 0 Å². The molecule has 0 saturated heterocycles. The molecule has 0 unspecified atom stereocenters. The standard InChI is InChI=1S/C9H9ClN2S/c10-7-3-1-2-4-8(7)12-6-5-9(11)13/h1-6,12H,(H2,11,13)/b6-5-. The van der Waals surface area contributed by atoms with Crippen molar-refractivity contribution in [2.24, 2.45) is 5.73 Å². The highest BCUT2D eigenvalue weighted by molar-refractivity contribution is 7.80. The third-order valence-corrected chi connectivity index (χ3v) is 1.83. The van der Waals surface area contributed by atoms with Crippen LogP contribution in [-0.2, 0) is 0 Å². The summed E-state index contributed by atoms with van der Waals surface area (Å²) in [7, 11) is 0. The smallest absolute Gasteiger partial charge is 0.0976 e. The van der Waals surface area contributed by atoms with Gasteiger partial charge in [0.05, 0.1) is 15.7 Å². The first-order valence-electron chi connectivity index (χ1n) is 3.67. The molecule has 0 bridgehead atoms. The van der Waals surface area contributed by atoms with Crippen molar-refractivity contribution in [1.29, 1.82) is 0 Å². The summed E-state index contributed by atoms with van der Waals surface area (Å²) < 4.78 is 0. The molecular formula is C9H9ClN2S. The lowest BCUT2D eigenvalue weighted by Crippen LogP contribution is -2.03. The predicted octanol–water partition coefficient (Wildman–Crippen LogP) is 2.55. The van der Waals surface area contributed by atoms with Gasteiger partial charge < -0.3 is 11.1 Å². The fourth-order valence-corrected chi connectivity index (χ4v) is 1.05. The van der Waals surface area contributed by atoms with E-state index in [9.17, 15) is 0 Å². The molecule has 0 fully saturated rings. The number of thiocarbonyl (C=S) groups is 1. The lowest BCUT2D eigenvalue weighted by atomic mass is 10.3. The quantitative estimate of drug-likeness (QED) is 0.598. The molecular weight excluding hydrogens is 204 g/mol. The van der Waals surface area contributed by atoms with Crippen LogP contribution in [0.25, 0.3) is 0 Å². The maximum Gasteiger partial charge on any atom is 0.0976 e. The first-order chi connectivity index (χ1) is 6.20. The van der Waals surface area contributed by atoms with Crippen molar-refractivity contribution in [3.63, 3.8) is 0 Å². The van der Waals surface area contributed by atoms with Crippen LogP contribution in [-0.4, -0.2) is 4.99 Å². The fraction of sp³-hybridized carbons (Fsp3) is 0. The van der Waals surface area contributed by atoms with Gasteiger partial charge in [0, 0.05) is 6.20 Å². The molecule has 2 nitrogen and oxygen atoms in total. The second-order valence-electron chi connectivity index (χ2n) is 2.36. The van der Waals surface area contributed by atoms with Gasteiger partial charge in [-0.25, -0.2) is 0 Å². The SMILES string of the molecule is NC(=S)/C=C\Nc1ccccc1Cl. The van der Waals surface area contributed by atoms with Crippen molar-refractivity contribution in [1.82, 2.24) is 0 Å². The molecule has 0 saturated carbocycles. The molecule has 0 heterocycles. The zero-order valence-electron chi connectivity index (χ0n) is 6.83. The summed E-state index contributed by atoms with van der Waals surface area (Å²) in [4.78, 5) is 0.333. The summed E-state index contributed by atoms with van der Waals surface area (Å²) in [5.41, 5.74) is 6.10. The molecule has 0 aliphatic heterocycles. The molecule has 1 aromatic carbocycles. The van der Waals surface area contributed by atoms with Crippen LogP contribution in [0.5, 0.6) is 0 Å².